The topological polar surface area (TPSA) is 153 Å². The summed E-state index contributed by atoms with van der Waals surface area (Å²) in [6.07, 6.45) is 0. The van der Waals surface area contributed by atoms with Gasteiger partial charge in [0.2, 0.25) is 5.82 Å². The van der Waals surface area contributed by atoms with Crippen molar-refractivity contribution < 1.29 is 37.7 Å². The van der Waals surface area contributed by atoms with E-state index in [2.05, 4.69) is 35.9 Å². The lowest BCUT2D eigenvalue weighted by Crippen LogP contribution is -2.23. The molecule has 0 fully saturated rings. The number of phosphoric ester groups is 1. The number of aromatic nitrogens is 2. The van der Waals surface area contributed by atoms with E-state index in [1.54, 1.807) is 12.1 Å². The number of benzene rings is 3. The van der Waals surface area contributed by atoms with Crippen molar-refractivity contribution in [3.8, 4) is 28.6 Å². The summed E-state index contributed by atoms with van der Waals surface area (Å²) in [6.45, 7) is -0.395. The van der Waals surface area contributed by atoms with Crippen LogP contribution in [-0.2, 0) is 15.6 Å². The normalized spacial score (nSPS) is 11.2. The van der Waals surface area contributed by atoms with Crippen molar-refractivity contribution in [3.05, 3.63) is 88.7 Å². The summed E-state index contributed by atoms with van der Waals surface area (Å²) in [7, 11) is -4.64. The average molecular weight is 576 g/mol. The zero-order chi connectivity index (χ0) is 25.5. The van der Waals surface area contributed by atoms with Crippen LogP contribution in [0.4, 0.5) is 0 Å². The third-order valence-electron chi connectivity index (χ3n) is 4.60. The fourth-order valence-corrected chi connectivity index (χ4v) is 3.59. The molecule has 1 amide bonds. The molecule has 4 aromatic rings. The molecule has 13 heteroatoms. The molecule has 0 atom stereocenters. The Hall–Kier alpha value is -3.54. The van der Waals surface area contributed by atoms with E-state index < -0.39 is 20.5 Å². The number of phosphoric acid groups is 1. The van der Waals surface area contributed by atoms with Gasteiger partial charge in [-0.15, -0.1) is 0 Å². The molecule has 36 heavy (non-hydrogen) atoms. The Morgan fingerprint density at radius 3 is 2.44 bits per heavy atom. The smallest absolute Gasteiger partial charge is 0.466 e. The number of para-hydroxylation sites is 1. The van der Waals surface area contributed by atoms with Crippen LogP contribution in [0.2, 0.25) is 0 Å². The van der Waals surface area contributed by atoms with E-state index in [-0.39, 0.29) is 24.0 Å². The van der Waals surface area contributed by atoms with Crippen molar-refractivity contribution in [2.75, 3.05) is 6.79 Å². The van der Waals surface area contributed by atoms with Gasteiger partial charge in [-0.2, -0.15) is 4.98 Å². The van der Waals surface area contributed by atoms with Gasteiger partial charge in [-0.3, -0.25) is 4.79 Å². The number of rotatable bonds is 10. The van der Waals surface area contributed by atoms with Crippen LogP contribution in [0.5, 0.6) is 17.2 Å². The quantitative estimate of drug-likeness (QED) is 0.179. The zero-order valence-electron chi connectivity index (χ0n) is 18.4. The second-order valence-electron chi connectivity index (χ2n) is 7.19. The maximum absolute atomic E-state index is 12.5. The molecule has 0 bridgehead atoms. The Morgan fingerprint density at radius 1 is 1.03 bits per heavy atom. The number of amides is 1. The first-order valence-corrected chi connectivity index (χ1v) is 12.7. The van der Waals surface area contributed by atoms with Gasteiger partial charge in [0, 0.05) is 12.1 Å². The SMILES string of the molecule is O=C(NCc1ccc(Oc2ccccc2)cc1)c1nc(-c2ccc(OCOP(=O)(O)O)c(Br)c2)no1. The highest BCUT2D eigenvalue weighted by Crippen LogP contribution is 2.36. The predicted molar refractivity (Wildman–Crippen MR) is 130 cm³/mol. The lowest BCUT2D eigenvalue weighted by atomic mass is 10.2. The number of nitrogens with one attached hydrogen (secondary N) is 1. The molecular weight excluding hydrogens is 557 g/mol. The Balaban J connectivity index is 1.31. The van der Waals surface area contributed by atoms with Crippen LogP contribution in [0.3, 0.4) is 0 Å². The molecule has 1 heterocycles. The average Bonchev–Trinajstić information content (AvgIpc) is 3.35. The van der Waals surface area contributed by atoms with E-state index in [1.807, 2.05) is 54.6 Å². The summed E-state index contributed by atoms with van der Waals surface area (Å²) in [5.41, 5.74) is 1.37. The van der Waals surface area contributed by atoms with Crippen LogP contribution in [0.15, 0.2) is 81.8 Å². The Kier molecular flexibility index (Phi) is 8.14. The van der Waals surface area contributed by atoms with Crippen LogP contribution < -0.4 is 14.8 Å². The Bertz CT molecular complexity index is 1380. The number of carbonyl (C=O) groups excluding carboxylic acids is 1. The van der Waals surface area contributed by atoms with Crippen LogP contribution in [-0.4, -0.2) is 32.6 Å². The lowest BCUT2D eigenvalue weighted by Gasteiger charge is -2.09. The molecule has 3 N–H and O–H groups in total. The van der Waals surface area contributed by atoms with Gasteiger partial charge in [-0.25, -0.2) is 9.09 Å². The molecule has 186 valence electrons. The highest BCUT2D eigenvalue weighted by molar-refractivity contribution is 9.10. The van der Waals surface area contributed by atoms with Crippen molar-refractivity contribution in [2.24, 2.45) is 0 Å². The van der Waals surface area contributed by atoms with Gasteiger partial charge in [0.15, 0.2) is 6.79 Å². The maximum atomic E-state index is 12.5. The summed E-state index contributed by atoms with van der Waals surface area (Å²) in [6, 6.07) is 21.4. The van der Waals surface area contributed by atoms with E-state index in [9.17, 15) is 9.36 Å². The number of carbonyl (C=O) groups is 1. The maximum Gasteiger partial charge on any atom is 0.472 e. The molecule has 3 aromatic carbocycles. The number of halogens is 1. The first-order valence-electron chi connectivity index (χ1n) is 10.3. The first kappa shape index (κ1) is 25.5. The summed E-state index contributed by atoms with van der Waals surface area (Å²) >= 11 is 3.29. The van der Waals surface area contributed by atoms with Crippen molar-refractivity contribution >= 4 is 29.7 Å². The van der Waals surface area contributed by atoms with Gasteiger partial charge in [-0.1, -0.05) is 35.5 Å². The van der Waals surface area contributed by atoms with E-state index in [0.717, 1.165) is 11.3 Å². The highest BCUT2D eigenvalue weighted by atomic mass is 79.9. The second-order valence-corrected chi connectivity index (χ2v) is 9.29. The molecule has 0 unspecified atom stereocenters. The van der Waals surface area contributed by atoms with Crippen LogP contribution >= 0.6 is 23.8 Å². The molecule has 0 radical (unpaired) electrons. The second kappa shape index (κ2) is 11.5. The molecule has 0 spiro atoms. The van der Waals surface area contributed by atoms with E-state index in [0.29, 0.717) is 15.8 Å². The number of hydrogen-bond acceptors (Lipinski definition) is 8. The molecular formula is C23H19BrN3O8P. The van der Waals surface area contributed by atoms with E-state index in [4.69, 9.17) is 23.8 Å². The standard InChI is InChI=1S/C23H19BrN3O8P/c24-19-12-16(8-11-20(19)32-14-33-36(29,30)31)21-26-23(35-27-21)22(28)25-13-15-6-9-18(10-7-15)34-17-4-2-1-3-5-17/h1-12H,13-14H2,(H,25,28)(H2,29,30,31). The monoisotopic (exact) mass is 575 g/mol. The van der Waals surface area contributed by atoms with Crippen LogP contribution in [0.25, 0.3) is 11.4 Å². The van der Waals surface area contributed by atoms with Crippen molar-refractivity contribution in [1.82, 2.24) is 15.5 Å². The Labute approximate surface area is 213 Å². The van der Waals surface area contributed by atoms with Gasteiger partial charge in [0.05, 0.1) is 4.47 Å². The van der Waals surface area contributed by atoms with Crippen molar-refractivity contribution in [3.63, 3.8) is 0 Å². The van der Waals surface area contributed by atoms with Gasteiger partial charge >= 0.3 is 19.6 Å². The number of nitrogens with zero attached hydrogens (tertiary/aromatic N) is 2. The summed E-state index contributed by atoms with van der Waals surface area (Å²) in [4.78, 5) is 34.0. The van der Waals surface area contributed by atoms with Crippen LogP contribution in [0, 0.1) is 0 Å². The number of ether oxygens (including phenoxy) is 2. The molecule has 0 saturated carbocycles. The molecule has 0 aliphatic rings. The third kappa shape index (κ3) is 7.23. The minimum absolute atomic E-state index is 0.168. The third-order valence-corrected chi connectivity index (χ3v) is 5.66. The van der Waals surface area contributed by atoms with Gasteiger partial charge in [0.25, 0.3) is 0 Å². The number of hydrogen-bond donors (Lipinski definition) is 3. The predicted octanol–water partition coefficient (Wildman–Crippen LogP) is 4.67. The molecule has 0 aliphatic carbocycles. The Morgan fingerprint density at radius 2 is 1.75 bits per heavy atom. The largest absolute Gasteiger partial charge is 0.472 e. The zero-order valence-corrected chi connectivity index (χ0v) is 20.9. The van der Waals surface area contributed by atoms with E-state index in [1.165, 1.54) is 6.07 Å². The molecule has 11 nitrogen and oxygen atoms in total. The molecule has 4 rings (SSSR count). The molecule has 1 aromatic heterocycles. The lowest BCUT2D eigenvalue weighted by molar-refractivity contribution is 0.0822. The van der Waals surface area contributed by atoms with Gasteiger partial charge in [0.1, 0.15) is 17.2 Å². The fourth-order valence-electron chi connectivity index (χ4n) is 2.91. The van der Waals surface area contributed by atoms with E-state index >= 15 is 0 Å². The molecule has 0 saturated heterocycles. The minimum Gasteiger partial charge on any atom is -0.466 e. The van der Waals surface area contributed by atoms with Crippen molar-refractivity contribution in [2.45, 2.75) is 6.54 Å². The minimum atomic E-state index is -4.64. The summed E-state index contributed by atoms with van der Waals surface area (Å²) in [5.74, 6) is 1.10. The first-order chi connectivity index (χ1) is 17.3. The summed E-state index contributed by atoms with van der Waals surface area (Å²) < 4.78 is 31.4. The van der Waals surface area contributed by atoms with Gasteiger partial charge in [-0.05, 0) is 64.0 Å². The molecule has 0 aliphatic heterocycles. The van der Waals surface area contributed by atoms with Crippen molar-refractivity contribution in [1.29, 1.82) is 0 Å². The van der Waals surface area contributed by atoms with Gasteiger partial charge < -0.3 is 29.1 Å². The fraction of sp³-hybridized carbons (Fsp3) is 0.0870. The highest BCUT2D eigenvalue weighted by Gasteiger charge is 2.18. The summed E-state index contributed by atoms with van der Waals surface area (Å²) in [5, 5.41) is 6.55. The van der Waals surface area contributed by atoms with Crippen LogP contribution in [0.1, 0.15) is 16.2 Å².